The molecule has 2 rings (SSSR count). The second-order valence-corrected chi connectivity index (χ2v) is 5.57. The largest absolute Gasteiger partial charge is 0.385 e. The molecule has 2 amide bonds. The highest BCUT2D eigenvalue weighted by Gasteiger charge is 2.27. The number of anilines is 2. The number of nitrogens with one attached hydrogen (secondary N) is 3. The number of carbonyl (C=O) groups is 2. The van der Waals surface area contributed by atoms with Crippen LogP contribution in [-0.4, -0.2) is 38.1 Å². The summed E-state index contributed by atoms with van der Waals surface area (Å²) >= 11 is 0. The Morgan fingerprint density at radius 1 is 1.27 bits per heavy atom. The van der Waals surface area contributed by atoms with Gasteiger partial charge in [0, 0.05) is 20.3 Å². The molecule has 0 fully saturated rings. The number of amides is 2. The molecular weight excluding hydrogens is 282 g/mol. The number of aryl methyl sites for hydroxylation is 2. The van der Waals surface area contributed by atoms with Gasteiger partial charge in [0.1, 0.15) is 6.04 Å². The standard InChI is InChI=1S/C16H23N3O3/c1-10-7-12-13(8-11(10)2)19-16(21)14(18-12)9-15(20)17-5-4-6-22-3/h7-8,14,18H,4-6,9H2,1-3H3,(H,17,20)(H,19,21)/t14-/m0/s1. The highest BCUT2D eigenvalue weighted by Crippen LogP contribution is 2.30. The van der Waals surface area contributed by atoms with E-state index in [2.05, 4.69) is 16.0 Å². The third-order valence-electron chi connectivity index (χ3n) is 3.77. The zero-order valence-corrected chi connectivity index (χ0v) is 13.3. The van der Waals surface area contributed by atoms with E-state index in [1.54, 1.807) is 7.11 Å². The first-order valence-electron chi connectivity index (χ1n) is 7.45. The Labute approximate surface area is 130 Å². The summed E-state index contributed by atoms with van der Waals surface area (Å²) in [4.78, 5) is 24.0. The van der Waals surface area contributed by atoms with Gasteiger partial charge in [-0.05, 0) is 43.5 Å². The van der Waals surface area contributed by atoms with E-state index in [-0.39, 0.29) is 18.2 Å². The van der Waals surface area contributed by atoms with Crippen molar-refractivity contribution in [1.82, 2.24) is 5.32 Å². The Bertz CT molecular complexity index is 572. The number of hydrogen-bond acceptors (Lipinski definition) is 4. The SMILES string of the molecule is COCCCNC(=O)C[C@@H]1Nc2cc(C)c(C)cc2NC1=O. The average molecular weight is 305 g/mol. The second kappa shape index (κ2) is 7.26. The first-order chi connectivity index (χ1) is 10.5. The van der Waals surface area contributed by atoms with Crippen LogP contribution in [0.5, 0.6) is 0 Å². The monoisotopic (exact) mass is 305 g/mol. The minimum Gasteiger partial charge on any atom is -0.385 e. The number of benzene rings is 1. The van der Waals surface area contributed by atoms with Gasteiger partial charge < -0.3 is 20.7 Å². The van der Waals surface area contributed by atoms with Crippen molar-refractivity contribution in [2.75, 3.05) is 30.9 Å². The van der Waals surface area contributed by atoms with Crippen LogP contribution in [0, 0.1) is 13.8 Å². The van der Waals surface area contributed by atoms with Gasteiger partial charge in [0.15, 0.2) is 0 Å². The molecule has 1 aromatic carbocycles. The fraction of sp³-hybridized carbons (Fsp3) is 0.500. The normalized spacial score (nSPS) is 16.5. The Balaban J connectivity index is 1.94. The van der Waals surface area contributed by atoms with Crippen LogP contribution in [0.2, 0.25) is 0 Å². The topological polar surface area (TPSA) is 79.5 Å². The van der Waals surface area contributed by atoms with E-state index in [9.17, 15) is 9.59 Å². The fourth-order valence-electron chi connectivity index (χ4n) is 2.36. The highest BCUT2D eigenvalue weighted by molar-refractivity contribution is 6.05. The molecule has 1 aliphatic rings. The third kappa shape index (κ3) is 3.98. The molecule has 0 saturated carbocycles. The van der Waals surface area contributed by atoms with Gasteiger partial charge in [0.25, 0.3) is 0 Å². The molecule has 0 aromatic heterocycles. The van der Waals surface area contributed by atoms with Crippen LogP contribution < -0.4 is 16.0 Å². The number of fused-ring (bicyclic) bond motifs is 1. The maximum Gasteiger partial charge on any atom is 0.247 e. The zero-order chi connectivity index (χ0) is 16.1. The smallest absolute Gasteiger partial charge is 0.247 e. The molecule has 6 heteroatoms. The molecule has 3 N–H and O–H groups in total. The molecule has 0 radical (unpaired) electrons. The maximum atomic E-state index is 12.1. The summed E-state index contributed by atoms with van der Waals surface area (Å²) in [6, 6.07) is 3.39. The van der Waals surface area contributed by atoms with Crippen molar-refractivity contribution in [3.05, 3.63) is 23.3 Å². The van der Waals surface area contributed by atoms with E-state index in [0.29, 0.717) is 13.2 Å². The van der Waals surface area contributed by atoms with Crippen molar-refractivity contribution in [2.24, 2.45) is 0 Å². The molecule has 0 unspecified atom stereocenters. The van der Waals surface area contributed by atoms with Crippen molar-refractivity contribution in [3.63, 3.8) is 0 Å². The van der Waals surface area contributed by atoms with Gasteiger partial charge >= 0.3 is 0 Å². The maximum absolute atomic E-state index is 12.1. The number of ether oxygens (including phenoxy) is 1. The van der Waals surface area contributed by atoms with Gasteiger partial charge in [0.2, 0.25) is 11.8 Å². The minimum absolute atomic E-state index is 0.116. The number of rotatable bonds is 6. The Hall–Kier alpha value is -2.08. The van der Waals surface area contributed by atoms with Crippen LogP contribution in [0.15, 0.2) is 12.1 Å². The van der Waals surface area contributed by atoms with E-state index in [0.717, 1.165) is 28.9 Å². The van der Waals surface area contributed by atoms with E-state index in [1.807, 2.05) is 26.0 Å². The molecule has 1 heterocycles. The summed E-state index contributed by atoms with van der Waals surface area (Å²) in [5, 5.41) is 8.80. The van der Waals surface area contributed by atoms with Crippen molar-refractivity contribution in [2.45, 2.75) is 32.7 Å². The summed E-state index contributed by atoms with van der Waals surface area (Å²) in [6.45, 7) is 5.18. The number of carbonyl (C=O) groups excluding carboxylic acids is 2. The zero-order valence-electron chi connectivity index (χ0n) is 13.3. The Kier molecular flexibility index (Phi) is 5.38. The van der Waals surface area contributed by atoms with Crippen molar-refractivity contribution < 1.29 is 14.3 Å². The number of hydrogen-bond donors (Lipinski definition) is 3. The van der Waals surface area contributed by atoms with Gasteiger partial charge in [-0.25, -0.2) is 0 Å². The molecule has 0 spiro atoms. The van der Waals surface area contributed by atoms with Crippen LogP contribution in [0.25, 0.3) is 0 Å². The molecule has 22 heavy (non-hydrogen) atoms. The predicted molar refractivity (Wildman–Crippen MR) is 86.1 cm³/mol. The van der Waals surface area contributed by atoms with Gasteiger partial charge in [-0.15, -0.1) is 0 Å². The van der Waals surface area contributed by atoms with Gasteiger partial charge in [-0.2, -0.15) is 0 Å². The lowest BCUT2D eigenvalue weighted by Crippen LogP contribution is -2.42. The first-order valence-corrected chi connectivity index (χ1v) is 7.45. The van der Waals surface area contributed by atoms with Gasteiger partial charge in [-0.3, -0.25) is 9.59 Å². The third-order valence-corrected chi connectivity index (χ3v) is 3.77. The van der Waals surface area contributed by atoms with Gasteiger partial charge in [-0.1, -0.05) is 0 Å². The first kappa shape index (κ1) is 16.3. The second-order valence-electron chi connectivity index (χ2n) is 5.57. The Morgan fingerprint density at radius 2 is 1.95 bits per heavy atom. The lowest BCUT2D eigenvalue weighted by molar-refractivity contribution is -0.125. The van der Waals surface area contributed by atoms with E-state index in [4.69, 9.17) is 4.74 Å². The van der Waals surface area contributed by atoms with Crippen molar-refractivity contribution in [1.29, 1.82) is 0 Å². The van der Waals surface area contributed by atoms with E-state index >= 15 is 0 Å². The van der Waals surface area contributed by atoms with Crippen LogP contribution in [0.1, 0.15) is 24.0 Å². The summed E-state index contributed by atoms with van der Waals surface area (Å²) in [5.74, 6) is -0.321. The summed E-state index contributed by atoms with van der Waals surface area (Å²) in [6.07, 6.45) is 0.874. The summed E-state index contributed by atoms with van der Waals surface area (Å²) in [7, 11) is 1.62. The Morgan fingerprint density at radius 3 is 2.64 bits per heavy atom. The summed E-state index contributed by atoms with van der Waals surface area (Å²) < 4.78 is 4.92. The van der Waals surface area contributed by atoms with Crippen LogP contribution >= 0.6 is 0 Å². The molecule has 1 aromatic rings. The molecule has 0 aliphatic carbocycles. The molecular formula is C16H23N3O3. The van der Waals surface area contributed by atoms with Crippen LogP contribution in [0.4, 0.5) is 11.4 Å². The summed E-state index contributed by atoms with van der Waals surface area (Å²) in [5.41, 5.74) is 3.89. The lowest BCUT2D eigenvalue weighted by Gasteiger charge is -2.27. The van der Waals surface area contributed by atoms with Gasteiger partial charge in [0.05, 0.1) is 17.8 Å². The van der Waals surface area contributed by atoms with E-state index < -0.39 is 6.04 Å². The minimum atomic E-state index is -0.544. The van der Waals surface area contributed by atoms with Crippen LogP contribution in [-0.2, 0) is 14.3 Å². The molecule has 1 atom stereocenters. The lowest BCUT2D eigenvalue weighted by atomic mass is 10.0. The highest BCUT2D eigenvalue weighted by atomic mass is 16.5. The molecule has 120 valence electrons. The van der Waals surface area contributed by atoms with Crippen molar-refractivity contribution >= 4 is 23.2 Å². The molecule has 6 nitrogen and oxygen atoms in total. The fourth-order valence-corrected chi connectivity index (χ4v) is 2.36. The average Bonchev–Trinajstić information content (AvgIpc) is 2.47. The quantitative estimate of drug-likeness (QED) is 0.697. The predicted octanol–water partition coefficient (Wildman–Crippen LogP) is 1.58. The van der Waals surface area contributed by atoms with Crippen molar-refractivity contribution in [3.8, 4) is 0 Å². The molecule has 1 aliphatic heterocycles. The molecule has 0 bridgehead atoms. The van der Waals surface area contributed by atoms with Crippen LogP contribution in [0.3, 0.4) is 0 Å². The van der Waals surface area contributed by atoms with E-state index in [1.165, 1.54) is 0 Å². The molecule has 0 saturated heterocycles. The number of methoxy groups -OCH3 is 1.